The minimum absolute atomic E-state index is 0.535. The van der Waals surface area contributed by atoms with Gasteiger partial charge in [0.2, 0.25) is 0 Å². The molecule has 0 saturated heterocycles. The number of likely N-dealkylation sites (N-methyl/N-ethyl adjacent to an activating group) is 1. The van der Waals surface area contributed by atoms with Crippen molar-refractivity contribution in [1.29, 1.82) is 0 Å². The first kappa shape index (κ1) is 10.7. The van der Waals surface area contributed by atoms with E-state index in [2.05, 4.69) is 53.3 Å². The van der Waals surface area contributed by atoms with Crippen molar-refractivity contribution < 1.29 is 0 Å². The molecule has 0 aliphatic carbocycles. The van der Waals surface area contributed by atoms with E-state index in [9.17, 15) is 0 Å². The molecule has 0 fully saturated rings. The fraction of sp³-hybridized carbons (Fsp3) is 0.455. The van der Waals surface area contributed by atoms with Gasteiger partial charge in [-0.05, 0) is 50.6 Å². The quantitative estimate of drug-likeness (QED) is 0.859. The van der Waals surface area contributed by atoms with E-state index in [1.54, 1.807) is 0 Å². The Kier molecular flexibility index (Phi) is 3.94. The van der Waals surface area contributed by atoms with Gasteiger partial charge in [0.25, 0.3) is 0 Å². The Morgan fingerprint density at radius 3 is 2.77 bits per heavy atom. The second-order valence-corrected chi connectivity index (χ2v) is 4.38. The molecule has 1 aromatic carbocycles. The van der Waals surface area contributed by atoms with Crippen molar-refractivity contribution in [1.82, 2.24) is 5.32 Å². The second kappa shape index (κ2) is 4.77. The van der Waals surface area contributed by atoms with E-state index >= 15 is 0 Å². The van der Waals surface area contributed by atoms with Crippen molar-refractivity contribution in [3.8, 4) is 0 Å². The van der Waals surface area contributed by atoms with Gasteiger partial charge in [-0.1, -0.05) is 22.0 Å². The molecule has 0 heterocycles. The molecule has 13 heavy (non-hydrogen) atoms. The molecule has 1 nitrogen and oxygen atoms in total. The largest absolute Gasteiger partial charge is 0.317 e. The molecule has 1 aromatic rings. The lowest BCUT2D eigenvalue weighted by molar-refractivity contribution is 0.607. The summed E-state index contributed by atoms with van der Waals surface area (Å²) in [4.78, 5) is 0. The lowest BCUT2D eigenvalue weighted by Crippen LogP contribution is -2.23. The number of hydrogen-bond donors (Lipinski definition) is 1. The van der Waals surface area contributed by atoms with Crippen molar-refractivity contribution >= 4 is 15.9 Å². The molecular weight excluding hydrogens is 226 g/mol. The Balaban J connectivity index is 2.81. The molecule has 1 N–H and O–H groups in total. The topological polar surface area (TPSA) is 12.0 Å². The maximum absolute atomic E-state index is 3.49. The van der Waals surface area contributed by atoms with Crippen molar-refractivity contribution in [2.75, 3.05) is 7.05 Å². The standard InChI is InChI=1S/C11H16BrN/c1-8-4-5-11(12)7-10(8)6-9(2)13-3/h4-5,7,9,13H,6H2,1-3H3. The van der Waals surface area contributed by atoms with Crippen LogP contribution in [-0.4, -0.2) is 13.1 Å². The zero-order chi connectivity index (χ0) is 9.84. The molecule has 0 radical (unpaired) electrons. The Hall–Kier alpha value is -0.340. The van der Waals surface area contributed by atoms with Gasteiger partial charge in [0.1, 0.15) is 0 Å². The molecule has 0 bridgehead atoms. The molecule has 0 spiro atoms. The summed E-state index contributed by atoms with van der Waals surface area (Å²) in [5.41, 5.74) is 2.78. The fourth-order valence-electron chi connectivity index (χ4n) is 1.29. The Labute approximate surface area is 88.7 Å². The molecule has 0 aliphatic rings. The second-order valence-electron chi connectivity index (χ2n) is 3.46. The summed E-state index contributed by atoms with van der Waals surface area (Å²) in [6.07, 6.45) is 1.09. The third-order valence-corrected chi connectivity index (χ3v) is 2.82. The molecule has 2 heteroatoms. The first-order valence-electron chi connectivity index (χ1n) is 4.55. The number of hydrogen-bond acceptors (Lipinski definition) is 1. The van der Waals surface area contributed by atoms with Gasteiger partial charge in [0.15, 0.2) is 0 Å². The van der Waals surface area contributed by atoms with Crippen LogP contribution in [-0.2, 0) is 6.42 Å². The van der Waals surface area contributed by atoms with Gasteiger partial charge in [-0.15, -0.1) is 0 Å². The highest BCUT2D eigenvalue weighted by Gasteiger charge is 2.03. The van der Waals surface area contributed by atoms with Crippen LogP contribution in [0, 0.1) is 6.92 Å². The maximum Gasteiger partial charge on any atom is 0.0178 e. The Bertz CT molecular complexity index is 283. The highest BCUT2D eigenvalue weighted by atomic mass is 79.9. The van der Waals surface area contributed by atoms with Crippen LogP contribution >= 0.6 is 15.9 Å². The van der Waals surface area contributed by atoms with E-state index in [1.165, 1.54) is 11.1 Å². The van der Waals surface area contributed by atoms with E-state index in [0.717, 1.165) is 10.9 Å². The van der Waals surface area contributed by atoms with Gasteiger partial charge in [-0.3, -0.25) is 0 Å². The van der Waals surface area contributed by atoms with Crippen LogP contribution < -0.4 is 5.32 Å². The predicted octanol–water partition coefficient (Wildman–Crippen LogP) is 2.91. The first-order valence-corrected chi connectivity index (χ1v) is 5.35. The Morgan fingerprint density at radius 1 is 1.46 bits per heavy atom. The molecule has 0 aliphatic heterocycles. The van der Waals surface area contributed by atoms with Crippen LogP contribution in [0.5, 0.6) is 0 Å². The summed E-state index contributed by atoms with van der Waals surface area (Å²) in [5, 5.41) is 3.24. The summed E-state index contributed by atoms with van der Waals surface area (Å²) in [6.45, 7) is 4.35. The molecule has 72 valence electrons. The summed E-state index contributed by atoms with van der Waals surface area (Å²) in [5.74, 6) is 0. The van der Waals surface area contributed by atoms with E-state index in [1.807, 2.05) is 7.05 Å². The normalized spacial score (nSPS) is 12.9. The Morgan fingerprint density at radius 2 is 2.15 bits per heavy atom. The van der Waals surface area contributed by atoms with E-state index in [-0.39, 0.29) is 0 Å². The van der Waals surface area contributed by atoms with Crippen LogP contribution in [0.15, 0.2) is 22.7 Å². The molecule has 1 unspecified atom stereocenters. The molecular formula is C11H16BrN. The zero-order valence-electron chi connectivity index (χ0n) is 8.39. The van der Waals surface area contributed by atoms with Crippen molar-refractivity contribution in [2.24, 2.45) is 0 Å². The summed E-state index contributed by atoms with van der Waals surface area (Å²) in [6, 6.07) is 6.97. The minimum Gasteiger partial charge on any atom is -0.317 e. The fourth-order valence-corrected chi connectivity index (χ4v) is 1.70. The lowest BCUT2D eigenvalue weighted by atomic mass is 10.0. The number of benzene rings is 1. The maximum atomic E-state index is 3.49. The molecule has 1 atom stereocenters. The van der Waals surface area contributed by atoms with Gasteiger partial charge in [-0.2, -0.15) is 0 Å². The zero-order valence-corrected chi connectivity index (χ0v) is 9.98. The summed E-state index contributed by atoms with van der Waals surface area (Å²) < 4.78 is 1.16. The SMILES string of the molecule is CNC(C)Cc1cc(Br)ccc1C. The smallest absolute Gasteiger partial charge is 0.0178 e. The average Bonchev–Trinajstić information content (AvgIpc) is 2.11. The van der Waals surface area contributed by atoms with Crippen LogP contribution in [0.4, 0.5) is 0 Å². The van der Waals surface area contributed by atoms with Crippen LogP contribution in [0.2, 0.25) is 0 Å². The summed E-state index contributed by atoms with van der Waals surface area (Å²) in [7, 11) is 2.00. The van der Waals surface area contributed by atoms with E-state index in [4.69, 9.17) is 0 Å². The highest BCUT2D eigenvalue weighted by molar-refractivity contribution is 9.10. The van der Waals surface area contributed by atoms with Gasteiger partial charge in [0, 0.05) is 10.5 Å². The van der Waals surface area contributed by atoms with Crippen LogP contribution in [0.25, 0.3) is 0 Å². The van der Waals surface area contributed by atoms with E-state index in [0.29, 0.717) is 6.04 Å². The number of aryl methyl sites for hydroxylation is 1. The molecule has 0 amide bonds. The monoisotopic (exact) mass is 241 g/mol. The third kappa shape index (κ3) is 3.12. The van der Waals surface area contributed by atoms with Gasteiger partial charge in [0.05, 0.1) is 0 Å². The minimum atomic E-state index is 0.535. The lowest BCUT2D eigenvalue weighted by Gasteiger charge is -2.12. The average molecular weight is 242 g/mol. The van der Waals surface area contributed by atoms with Gasteiger partial charge < -0.3 is 5.32 Å². The molecule has 0 saturated carbocycles. The number of nitrogens with one attached hydrogen (secondary N) is 1. The highest BCUT2D eigenvalue weighted by Crippen LogP contribution is 2.17. The number of rotatable bonds is 3. The summed E-state index contributed by atoms with van der Waals surface area (Å²) >= 11 is 3.49. The number of halogens is 1. The van der Waals surface area contributed by atoms with Crippen LogP contribution in [0.1, 0.15) is 18.1 Å². The van der Waals surface area contributed by atoms with Gasteiger partial charge in [-0.25, -0.2) is 0 Å². The molecule has 1 rings (SSSR count). The van der Waals surface area contributed by atoms with Crippen LogP contribution in [0.3, 0.4) is 0 Å². The first-order chi connectivity index (χ1) is 6.13. The predicted molar refractivity (Wildman–Crippen MR) is 61.1 cm³/mol. The van der Waals surface area contributed by atoms with E-state index < -0.39 is 0 Å². The van der Waals surface area contributed by atoms with Crippen molar-refractivity contribution in [2.45, 2.75) is 26.3 Å². The molecule has 0 aromatic heterocycles. The van der Waals surface area contributed by atoms with Crippen molar-refractivity contribution in [3.63, 3.8) is 0 Å². The van der Waals surface area contributed by atoms with Crippen molar-refractivity contribution in [3.05, 3.63) is 33.8 Å². The third-order valence-electron chi connectivity index (χ3n) is 2.33. The van der Waals surface area contributed by atoms with Gasteiger partial charge >= 0.3 is 0 Å².